The van der Waals surface area contributed by atoms with E-state index in [9.17, 15) is 9.59 Å². The van der Waals surface area contributed by atoms with E-state index in [2.05, 4.69) is 24.7 Å². The van der Waals surface area contributed by atoms with Crippen LogP contribution < -0.4 is 20.3 Å². The Hall–Kier alpha value is -3.80. The number of ether oxygens (including phenoxy) is 2. The fourth-order valence-electron chi connectivity index (χ4n) is 2.88. The fraction of sp³-hybridized carbons (Fsp3) is 0.231. The van der Waals surface area contributed by atoms with Gasteiger partial charge in [-0.25, -0.2) is 0 Å². The highest BCUT2D eigenvalue weighted by atomic mass is 16.5. The molecule has 6 nitrogen and oxygen atoms in total. The third-order valence-corrected chi connectivity index (χ3v) is 4.74. The van der Waals surface area contributed by atoms with Crippen molar-refractivity contribution in [2.45, 2.75) is 26.9 Å². The van der Waals surface area contributed by atoms with Gasteiger partial charge < -0.3 is 9.47 Å². The lowest BCUT2D eigenvalue weighted by Crippen LogP contribution is -2.41. The van der Waals surface area contributed by atoms with E-state index in [0.717, 1.165) is 12.0 Å². The molecule has 0 saturated heterocycles. The summed E-state index contributed by atoms with van der Waals surface area (Å²) in [6.07, 6.45) is 0.963. The quantitative estimate of drug-likeness (QED) is 0.478. The van der Waals surface area contributed by atoms with Crippen LogP contribution in [-0.2, 0) is 6.61 Å². The van der Waals surface area contributed by atoms with Gasteiger partial charge in [0.15, 0.2) is 0 Å². The van der Waals surface area contributed by atoms with Crippen LogP contribution in [0.4, 0.5) is 0 Å². The molecule has 0 aliphatic heterocycles. The van der Waals surface area contributed by atoms with Gasteiger partial charge in [-0.1, -0.05) is 56.3 Å². The summed E-state index contributed by atoms with van der Waals surface area (Å²) in [5.74, 6) is 0.824. The van der Waals surface area contributed by atoms with Crippen LogP contribution in [0.5, 0.6) is 11.5 Å². The zero-order chi connectivity index (χ0) is 22.8. The van der Waals surface area contributed by atoms with Crippen LogP contribution in [0.1, 0.15) is 46.5 Å². The minimum atomic E-state index is -0.462. The van der Waals surface area contributed by atoms with Crippen LogP contribution in [-0.4, -0.2) is 18.4 Å². The lowest BCUT2D eigenvalue weighted by molar-refractivity contribution is 0.0844. The van der Waals surface area contributed by atoms with E-state index >= 15 is 0 Å². The molecule has 2 amide bonds. The largest absolute Gasteiger partial charge is 0.494 e. The first-order valence-electron chi connectivity index (χ1n) is 10.6. The maximum atomic E-state index is 12.6. The number of carbonyl (C=O) groups excluding carboxylic acids is 2. The Morgan fingerprint density at radius 2 is 1.44 bits per heavy atom. The Morgan fingerprint density at radius 1 is 0.781 bits per heavy atom. The van der Waals surface area contributed by atoms with Crippen molar-refractivity contribution in [2.24, 2.45) is 5.92 Å². The Kier molecular flexibility index (Phi) is 8.26. The summed E-state index contributed by atoms with van der Waals surface area (Å²) >= 11 is 0. The monoisotopic (exact) mass is 432 g/mol. The van der Waals surface area contributed by atoms with Crippen molar-refractivity contribution in [3.63, 3.8) is 0 Å². The van der Waals surface area contributed by atoms with Crippen LogP contribution in [0.3, 0.4) is 0 Å². The first-order valence-corrected chi connectivity index (χ1v) is 10.6. The molecular weight excluding hydrogens is 404 g/mol. The number of hydrogen-bond donors (Lipinski definition) is 2. The molecule has 0 aliphatic carbocycles. The number of benzene rings is 3. The number of hydrogen-bond acceptors (Lipinski definition) is 4. The Bertz CT molecular complexity index is 1020. The first-order chi connectivity index (χ1) is 15.5. The maximum absolute atomic E-state index is 12.6. The van der Waals surface area contributed by atoms with Gasteiger partial charge >= 0.3 is 0 Å². The summed E-state index contributed by atoms with van der Waals surface area (Å²) in [6, 6.07) is 23.4. The highest BCUT2D eigenvalue weighted by molar-refractivity contribution is 6.00. The molecule has 3 rings (SSSR count). The maximum Gasteiger partial charge on any atom is 0.273 e. The number of amides is 2. The minimum Gasteiger partial charge on any atom is -0.494 e. The molecule has 0 heterocycles. The van der Waals surface area contributed by atoms with Crippen molar-refractivity contribution in [1.82, 2.24) is 10.9 Å². The van der Waals surface area contributed by atoms with Crippen molar-refractivity contribution in [1.29, 1.82) is 0 Å². The third-order valence-electron chi connectivity index (χ3n) is 4.74. The molecule has 0 bridgehead atoms. The molecule has 0 saturated carbocycles. The van der Waals surface area contributed by atoms with E-state index in [1.165, 1.54) is 0 Å². The third kappa shape index (κ3) is 6.87. The predicted molar refractivity (Wildman–Crippen MR) is 124 cm³/mol. The van der Waals surface area contributed by atoms with E-state index in [0.29, 0.717) is 41.8 Å². The van der Waals surface area contributed by atoms with Crippen molar-refractivity contribution in [3.8, 4) is 11.5 Å². The molecule has 32 heavy (non-hydrogen) atoms. The summed E-state index contributed by atoms with van der Waals surface area (Å²) in [6.45, 7) is 5.24. The number of rotatable bonds is 9. The van der Waals surface area contributed by atoms with Crippen LogP contribution >= 0.6 is 0 Å². The van der Waals surface area contributed by atoms with Crippen molar-refractivity contribution >= 4 is 11.8 Å². The SMILES string of the molecule is CC(C)CCOc1ccc(C(=O)NNC(=O)c2ccccc2OCc2ccccc2)cc1. The number of para-hydroxylation sites is 1. The van der Waals surface area contributed by atoms with Crippen molar-refractivity contribution in [2.75, 3.05) is 6.61 Å². The van der Waals surface area contributed by atoms with E-state index in [1.54, 1.807) is 48.5 Å². The standard InChI is InChI=1S/C26H28N2O4/c1-19(2)16-17-31-22-14-12-21(13-15-22)25(29)27-28-26(30)23-10-6-7-11-24(23)32-18-20-8-4-3-5-9-20/h3-15,19H,16-18H2,1-2H3,(H,27,29)(H,28,30). The van der Waals surface area contributed by atoms with Crippen LogP contribution in [0.2, 0.25) is 0 Å². The van der Waals surface area contributed by atoms with Gasteiger partial charge in [-0.3, -0.25) is 20.4 Å². The molecule has 0 fully saturated rings. The van der Waals surface area contributed by atoms with Gasteiger partial charge in [0, 0.05) is 5.56 Å². The van der Waals surface area contributed by atoms with Crippen molar-refractivity contribution in [3.05, 3.63) is 95.6 Å². The molecule has 3 aromatic carbocycles. The molecule has 0 unspecified atom stereocenters. The first kappa shape index (κ1) is 22.9. The van der Waals surface area contributed by atoms with Gasteiger partial charge in [0.1, 0.15) is 18.1 Å². The zero-order valence-electron chi connectivity index (χ0n) is 18.3. The Labute approximate surface area is 188 Å². The Morgan fingerprint density at radius 3 is 2.16 bits per heavy atom. The second kappa shape index (κ2) is 11.6. The average molecular weight is 433 g/mol. The fourth-order valence-corrected chi connectivity index (χ4v) is 2.88. The summed E-state index contributed by atoms with van der Waals surface area (Å²) in [7, 11) is 0. The summed E-state index contributed by atoms with van der Waals surface area (Å²) in [5, 5.41) is 0. The molecule has 6 heteroatoms. The molecule has 0 aliphatic rings. The van der Waals surface area contributed by atoms with E-state index in [-0.39, 0.29) is 0 Å². The topological polar surface area (TPSA) is 76.7 Å². The van der Waals surface area contributed by atoms with Gasteiger partial charge in [0.05, 0.1) is 12.2 Å². The molecule has 0 aromatic heterocycles. The molecule has 0 atom stereocenters. The van der Waals surface area contributed by atoms with Gasteiger partial charge in [-0.05, 0) is 54.3 Å². The van der Waals surface area contributed by atoms with Gasteiger partial charge in [-0.15, -0.1) is 0 Å². The second-order valence-electron chi connectivity index (χ2n) is 7.73. The number of carbonyl (C=O) groups is 2. The van der Waals surface area contributed by atoms with Crippen LogP contribution in [0.15, 0.2) is 78.9 Å². The summed E-state index contributed by atoms with van der Waals surface area (Å²) in [4.78, 5) is 25.0. The summed E-state index contributed by atoms with van der Waals surface area (Å²) in [5.41, 5.74) is 6.62. The second-order valence-corrected chi connectivity index (χ2v) is 7.73. The molecule has 2 N–H and O–H groups in total. The van der Waals surface area contributed by atoms with Crippen molar-refractivity contribution < 1.29 is 19.1 Å². The van der Waals surface area contributed by atoms with Crippen LogP contribution in [0, 0.1) is 5.92 Å². The lowest BCUT2D eigenvalue weighted by atomic mass is 10.1. The van der Waals surface area contributed by atoms with E-state index in [4.69, 9.17) is 9.47 Å². The molecular formula is C26H28N2O4. The lowest BCUT2D eigenvalue weighted by Gasteiger charge is -2.13. The van der Waals surface area contributed by atoms with Crippen LogP contribution in [0.25, 0.3) is 0 Å². The van der Waals surface area contributed by atoms with Gasteiger partial charge in [0.2, 0.25) is 0 Å². The molecule has 0 spiro atoms. The van der Waals surface area contributed by atoms with Gasteiger partial charge in [0.25, 0.3) is 11.8 Å². The molecule has 166 valence electrons. The van der Waals surface area contributed by atoms with E-state index in [1.807, 2.05) is 30.3 Å². The predicted octanol–water partition coefficient (Wildman–Crippen LogP) is 4.77. The minimum absolute atomic E-state index is 0.331. The highest BCUT2D eigenvalue weighted by Gasteiger charge is 2.14. The van der Waals surface area contributed by atoms with E-state index < -0.39 is 11.8 Å². The number of nitrogens with one attached hydrogen (secondary N) is 2. The van der Waals surface area contributed by atoms with Gasteiger partial charge in [-0.2, -0.15) is 0 Å². The molecule has 3 aromatic rings. The highest BCUT2D eigenvalue weighted by Crippen LogP contribution is 2.19. The molecule has 0 radical (unpaired) electrons. The Balaban J connectivity index is 1.53. The zero-order valence-corrected chi connectivity index (χ0v) is 18.3. The normalized spacial score (nSPS) is 10.5. The average Bonchev–Trinajstić information content (AvgIpc) is 2.82. The number of hydrazine groups is 1. The summed E-state index contributed by atoms with van der Waals surface area (Å²) < 4.78 is 11.5. The smallest absolute Gasteiger partial charge is 0.273 e.